The van der Waals surface area contributed by atoms with Crippen molar-refractivity contribution in [1.82, 2.24) is 5.43 Å². The number of nitrogens with two attached hydrogens (primary N) is 1. The molecule has 17 heavy (non-hydrogen) atoms. The fourth-order valence-electron chi connectivity index (χ4n) is 2.18. The highest BCUT2D eigenvalue weighted by Crippen LogP contribution is 2.31. The Morgan fingerprint density at radius 2 is 2.29 bits per heavy atom. The van der Waals surface area contributed by atoms with Crippen LogP contribution in [-0.4, -0.2) is 6.61 Å². The predicted octanol–water partition coefficient (Wildman–Crippen LogP) is 2.24. The van der Waals surface area contributed by atoms with Gasteiger partial charge in [0.05, 0.1) is 12.6 Å². The van der Waals surface area contributed by atoms with Gasteiger partial charge in [0.1, 0.15) is 5.75 Å². The number of benzene rings is 1. The molecular formula is C13H14N2OS. The third-order valence-corrected chi connectivity index (χ3v) is 3.98. The summed E-state index contributed by atoms with van der Waals surface area (Å²) in [6.07, 6.45) is 0.991. The molecule has 2 aromatic rings. The van der Waals surface area contributed by atoms with Crippen LogP contribution in [0.5, 0.6) is 5.75 Å². The normalized spacial score (nSPS) is 15.4. The molecule has 3 N–H and O–H groups in total. The smallest absolute Gasteiger partial charge is 0.122 e. The first-order valence-corrected chi connectivity index (χ1v) is 6.51. The maximum atomic E-state index is 5.67. The molecule has 1 aromatic heterocycles. The van der Waals surface area contributed by atoms with E-state index in [9.17, 15) is 0 Å². The van der Waals surface area contributed by atoms with Crippen molar-refractivity contribution in [2.75, 3.05) is 6.61 Å². The summed E-state index contributed by atoms with van der Waals surface area (Å²) in [5.74, 6) is 6.68. The van der Waals surface area contributed by atoms with Crippen LogP contribution in [0.3, 0.4) is 0 Å². The predicted molar refractivity (Wildman–Crippen MR) is 69.1 cm³/mol. The second-order valence-corrected chi connectivity index (χ2v) is 5.06. The number of hydrazine groups is 1. The fourth-order valence-corrected chi connectivity index (χ4v) is 3.00. The van der Waals surface area contributed by atoms with Crippen LogP contribution in [-0.2, 0) is 6.42 Å². The summed E-state index contributed by atoms with van der Waals surface area (Å²) < 4.78 is 5.51. The summed E-state index contributed by atoms with van der Waals surface area (Å²) in [6, 6.07) is 10.5. The largest absolute Gasteiger partial charge is 0.493 e. The number of thiophene rings is 1. The minimum absolute atomic E-state index is 0.0703. The van der Waals surface area contributed by atoms with Gasteiger partial charge in [-0.25, -0.2) is 5.43 Å². The highest BCUT2D eigenvalue weighted by atomic mass is 32.1. The second kappa shape index (κ2) is 4.49. The Morgan fingerprint density at radius 3 is 3.06 bits per heavy atom. The summed E-state index contributed by atoms with van der Waals surface area (Å²) in [5.41, 5.74) is 5.35. The van der Waals surface area contributed by atoms with E-state index in [-0.39, 0.29) is 6.04 Å². The summed E-state index contributed by atoms with van der Waals surface area (Å²) in [4.78, 5) is 1.23. The van der Waals surface area contributed by atoms with Crippen LogP contribution >= 0.6 is 11.3 Å². The first kappa shape index (κ1) is 10.8. The monoisotopic (exact) mass is 246 g/mol. The van der Waals surface area contributed by atoms with E-state index in [4.69, 9.17) is 10.6 Å². The Hall–Kier alpha value is -1.36. The van der Waals surface area contributed by atoms with Crippen molar-refractivity contribution in [3.05, 3.63) is 51.7 Å². The molecule has 0 spiro atoms. The summed E-state index contributed by atoms with van der Waals surface area (Å²) in [7, 11) is 0. The zero-order valence-electron chi connectivity index (χ0n) is 9.35. The maximum absolute atomic E-state index is 5.67. The van der Waals surface area contributed by atoms with Crippen molar-refractivity contribution in [3.8, 4) is 5.75 Å². The lowest BCUT2D eigenvalue weighted by atomic mass is 10.0. The van der Waals surface area contributed by atoms with Crippen molar-refractivity contribution in [1.29, 1.82) is 0 Å². The number of ether oxygens (including phenoxy) is 1. The van der Waals surface area contributed by atoms with E-state index in [2.05, 4.69) is 29.0 Å². The number of fused-ring (bicyclic) bond motifs is 1. The Balaban J connectivity index is 1.97. The van der Waals surface area contributed by atoms with Crippen LogP contribution in [0.4, 0.5) is 0 Å². The zero-order chi connectivity index (χ0) is 11.7. The molecule has 88 valence electrons. The molecule has 1 aliphatic rings. The molecule has 0 saturated carbocycles. The van der Waals surface area contributed by atoms with E-state index in [1.165, 1.54) is 16.0 Å². The summed E-state index contributed by atoms with van der Waals surface area (Å²) in [5, 5.41) is 2.07. The minimum atomic E-state index is 0.0703. The maximum Gasteiger partial charge on any atom is 0.122 e. The van der Waals surface area contributed by atoms with Crippen LogP contribution in [0.2, 0.25) is 0 Å². The highest BCUT2D eigenvalue weighted by molar-refractivity contribution is 7.10. The molecule has 0 aliphatic carbocycles. The van der Waals surface area contributed by atoms with Gasteiger partial charge in [0.25, 0.3) is 0 Å². The quantitative estimate of drug-likeness (QED) is 0.645. The zero-order valence-corrected chi connectivity index (χ0v) is 10.2. The van der Waals surface area contributed by atoms with Gasteiger partial charge in [-0.3, -0.25) is 5.84 Å². The molecular weight excluding hydrogens is 232 g/mol. The van der Waals surface area contributed by atoms with Crippen molar-refractivity contribution in [3.63, 3.8) is 0 Å². The number of hydrogen-bond acceptors (Lipinski definition) is 4. The van der Waals surface area contributed by atoms with E-state index in [0.717, 1.165) is 18.8 Å². The molecule has 3 rings (SSSR count). The van der Waals surface area contributed by atoms with Crippen LogP contribution in [0.15, 0.2) is 35.7 Å². The molecule has 3 nitrogen and oxygen atoms in total. The molecule has 0 fully saturated rings. The van der Waals surface area contributed by atoms with Gasteiger partial charge in [0.15, 0.2) is 0 Å². The minimum Gasteiger partial charge on any atom is -0.493 e. The van der Waals surface area contributed by atoms with Crippen molar-refractivity contribution < 1.29 is 4.74 Å². The van der Waals surface area contributed by atoms with Gasteiger partial charge in [-0.05, 0) is 34.7 Å². The number of nitrogens with one attached hydrogen (secondary N) is 1. The molecule has 1 unspecified atom stereocenters. The molecule has 0 saturated heterocycles. The molecule has 1 aliphatic heterocycles. The van der Waals surface area contributed by atoms with E-state index in [1.807, 2.05) is 12.1 Å². The van der Waals surface area contributed by atoms with Crippen molar-refractivity contribution in [2.24, 2.45) is 5.84 Å². The van der Waals surface area contributed by atoms with E-state index >= 15 is 0 Å². The van der Waals surface area contributed by atoms with Gasteiger partial charge >= 0.3 is 0 Å². The van der Waals surface area contributed by atoms with Gasteiger partial charge in [-0.1, -0.05) is 12.1 Å². The van der Waals surface area contributed by atoms with E-state index in [0.29, 0.717) is 0 Å². The van der Waals surface area contributed by atoms with Crippen LogP contribution in [0.1, 0.15) is 22.0 Å². The average Bonchev–Trinajstić information content (AvgIpc) is 2.99. The van der Waals surface area contributed by atoms with Gasteiger partial charge in [-0.15, -0.1) is 11.3 Å². The molecule has 4 heteroatoms. The van der Waals surface area contributed by atoms with Crippen molar-refractivity contribution >= 4 is 11.3 Å². The highest BCUT2D eigenvalue weighted by Gasteiger charge is 2.17. The first-order valence-electron chi connectivity index (χ1n) is 5.63. The number of hydrogen-bond donors (Lipinski definition) is 2. The van der Waals surface area contributed by atoms with Gasteiger partial charge in [0.2, 0.25) is 0 Å². The second-order valence-electron chi connectivity index (χ2n) is 4.08. The standard InChI is InChI=1S/C13H14N2OS/c14-15-13(12-2-1-7-17-12)10-3-4-11-9(8-10)5-6-16-11/h1-4,7-8,13,15H,5-6,14H2. The third kappa shape index (κ3) is 1.95. The molecule has 0 bridgehead atoms. The Morgan fingerprint density at radius 1 is 1.35 bits per heavy atom. The summed E-state index contributed by atoms with van der Waals surface area (Å²) >= 11 is 1.71. The fraction of sp³-hybridized carbons (Fsp3) is 0.231. The van der Waals surface area contributed by atoms with Crippen molar-refractivity contribution in [2.45, 2.75) is 12.5 Å². The van der Waals surface area contributed by atoms with Gasteiger partial charge < -0.3 is 4.74 Å². The lowest BCUT2D eigenvalue weighted by molar-refractivity contribution is 0.357. The SMILES string of the molecule is NNC(c1ccc2c(c1)CCO2)c1cccs1. The number of rotatable bonds is 3. The van der Waals surface area contributed by atoms with Crippen LogP contribution < -0.4 is 16.0 Å². The summed E-state index contributed by atoms with van der Waals surface area (Å²) in [6.45, 7) is 0.790. The van der Waals surface area contributed by atoms with E-state index < -0.39 is 0 Å². The lowest BCUT2D eigenvalue weighted by Gasteiger charge is -2.15. The first-order chi connectivity index (χ1) is 8.38. The van der Waals surface area contributed by atoms with E-state index in [1.54, 1.807) is 11.3 Å². The molecule has 0 amide bonds. The molecule has 1 aromatic carbocycles. The third-order valence-electron chi connectivity index (χ3n) is 3.04. The molecule has 2 heterocycles. The van der Waals surface area contributed by atoms with Gasteiger partial charge in [-0.2, -0.15) is 0 Å². The van der Waals surface area contributed by atoms with Gasteiger partial charge in [0, 0.05) is 11.3 Å². The Kier molecular flexibility index (Phi) is 2.84. The topological polar surface area (TPSA) is 47.3 Å². The van der Waals surface area contributed by atoms with Crippen LogP contribution in [0.25, 0.3) is 0 Å². The molecule has 0 radical (unpaired) electrons. The lowest BCUT2D eigenvalue weighted by Crippen LogP contribution is -2.28. The molecule has 1 atom stereocenters. The Labute approximate surface area is 104 Å². The Bertz CT molecular complexity index is 510. The average molecular weight is 246 g/mol. The van der Waals surface area contributed by atoms with Crippen LogP contribution in [0, 0.1) is 0 Å².